The molecule has 37 heavy (non-hydrogen) atoms. The number of nitrogens with one attached hydrogen (secondary N) is 2. The van der Waals surface area contributed by atoms with E-state index in [1.807, 2.05) is 107 Å². The lowest BCUT2D eigenvalue weighted by Gasteiger charge is -2.10. The van der Waals surface area contributed by atoms with Crippen LogP contribution in [0.25, 0.3) is 0 Å². The number of hydrogen-bond donors (Lipinski definition) is 2. The molecule has 0 bridgehead atoms. The van der Waals surface area contributed by atoms with Crippen LogP contribution in [0.3, 0.4) is 0 Å². The van der Waals surface area contributed by atoms with E-state index in [0.29, 0.717) is 11.1 Å². The first-order valence-electron chi connectivity index (χ1n) is 12.3. The highest BCUT2D eigenvalue weighted by molar-refractivity contribution is 7.97. The first-order chi connectivity index (χ1) is 17.8. The predicted octanol–water partition coefficient (Wildman–Crippen LogP) is 7.86. The summed E-state index contributed by atoms with van der Waals surface area (Å²) in [6.07, 6.45) is 0. The Labute approximate surface area is 223 Å². The molecule has 5 heteroatoms. The number of rotatable bonds is 8. The SMILES string of the molecule is Cc1ccc(C(=O)Nc2ccc(CSCc3cccc(NC(=O)c4ccc(C)c(C)c4)c3)cc2)cc1C. The molecule has 0 aromatic heterocycles. The molecule has 0 fully saturated rings. The van der Waals surface area contributed by atoms with Crippen molar-refractivity contribution in [3.05, 3.63) is 129 Å². The van der Waals surface area contributed by atoms with E-state index in [1.165, 1.54) is 16.7 Å². The van der Waals surface area contributed by atoms with Crippen LogP contribution in [0, 0.1) is 27.7 Å². The first kappa shape index (κ1) is 26.2. The molecule has 0 spiro atoms. The molecule has 0 saturated heterocycles. The van der Waals surface area contributed by atoms with Crippen LogP contribution >= 0.6 is 11.8 Å². The molecule has 0 aliphatic heterocycles. The number of hydrogen-bond acceptors (Lipinski definition) is 3. The van der Waals surface area contributed by atoms with Gasteiger partial charge in [0.05, 0.1) is 0 Å². The van der Waals surface area contributed by atoms with Crippen molar-refractivity contribution in [2.24, 2.45) is 0 Å². The van der Waals surface area contributed by atoms with Crippen LogP contribution in [0.1, 0.15) is 54.1 Å². The van der Waals surface area contributed by atoms with E-state index < -0.39 is 0 Å². The predicted molar refractivity (Wildman–Crippen MR) is 156 cm³/mol. The normalized spacial score (nSPS) is 10.7. The van der Waals surface area contributed by atoms with Crippen molar-refractivity contribution in [1.29, 1.82) is 0 Å². The second-order valence-electron chi connectivity index (χ2n) is 9.40. The Morgan fingerprint density at radius 2 is 1.11 bits per heavy atom. The number of benzene rings is 4. The van der Waals surface area contributed by atoms with Gasteiger partial charge in [0.2, 0.25) is 0 Å². The number of aryl methyl sites for hydroxylation is 4. The van der Waals surface area contributed by atoms with Gasteiger partial charge in [0.15, 0.2) is 0 Å². The van der Waals surface area contributed by atoms with Gasteiger partial charge < -0.3 is 10.6 Å². The van der Waals surface area contributed by atoms with Gasteiger partial charge in [0.1, 0.15) is 0 Å². The number of amides is 2. The Morgan fingerprint density at radius 1 is 0.568 bits per heavy atom. The summed E-state index contributed by atoms with van der Waals surface area (Å²) in [7, 11) is 0. The molecule has 4 aromatic rings. The van der Waals surface area contributed by atoms with E-state index in [0.717, 1.165) is 39.6 Å². The van der Waals surface area contributed by atoms with E-state index in [2.05, 4.69) is 16.7 Å². The highest BCUT2D eigenvalue weighted by atomic mass is 32.2. The van der Waals surface area contributed by atoms with Crippen LogP contribution in [0.15, 0.2) is 84.9 Å². The molecule has 0 heterocycles. The van der Waals surface area contributed by atoms with Gasteiger partial charge in [-0.25, -0.2) is 0 Å². The van der Waals surface area contributed by atoms with Gasteiger partial charge in [0, 0.05) is 34.0 Å². The van der Waals surface area contributed by atoms with Crippen molar-refractivity contribution in [3.8, 4) is 0 Å². The van der Waals surface area contributed by atoms with Gasteiger partial charge >= 0.3 is 0 Å². The fourth-order valence-electron chi connectivity index (χ4n) is 3.88. The number of thioether (sulfide) groups is 1. The summed E-state index contributed by atoms with van der Waals surface area (Å²) < 4.78 is 0. The lowest BCUT2D eigenvalue weighted by Crippen LogP contribution is -2.12. The van der Waals surface area contributed by atoms with E-state index in [1.54, 1.807) is 11.8 Å². The van der Waals surface area contributed by atoms with E-state index in [-0.39, 0.29) is 11.8 Å². The molecule has 0 saturated carbocycles. The third kappa shape index (κ3) is 7.11. The lowest BCUT2D eigenvalue weighted by atomic mass is 10.1. The zero-order valence-electron chi connectivity index (χ0n) is 21.7. The van der Waals surface area contributed by atoms with Gasteiger partial charge in [-0.2, -0.15) is 11.8 Å². The first-order valence-corrected chi connectivity index (χ1v) is 13.5. The van der Waals surface area contributed by atoms with Crippen molar-refractivity contribution in [3.63, 3.8) is 0 Å². The van der Waals surface area contributed by atoms with Crippen molar-refractivity contribution < 1.29 is 9.59 Å². The van der Waals surface area contributed by atoms with Gasteiger partial charge in [-0.15, -0.1) is 0 Å². The summed E-state index contributed by atoms with van der Waals surface area (Å²) in [6, 6.07) is 27.5. The minimum absolute atomic E-state index is 0.0994. The summed E-state index contributed by atoms with van der Waals surface area (Å²) in [5.41, 5.74) is 9.80. The maximum absolute atomic E-state index is 12.6. The summed E-state index contributed by atoms with van der Waals surface area (Å²) in [6.45, 7) is 8.10. The van der Waals surface area contributed by atoms with Gasteiger partial charge in [-0.1, -0.05) is 36.4 Å². The van der Waals surface area contributed by atoms with Gasteiger partial charge in [0.25, 0.3) is 11.8 Å². The topological polar surface area (TPSA) is 58.2 Å². The molecule has 0 aliphatic carbocycles. The molecule has 188 valence electrons. The minimum Gasteiger partial charge on any atom is -0.322 e. The zero-order valence-corrected chi connectivity index (χ0v) is 22.5. The summed E-state index contributed by atoms with van der Waals surface area (Å²) in [5.74, 6) is 1.48. The second kappa shape index (κ2) is 11.9. The number of carbonyl (C=O) groups is 2. The fourth-order valence-corrected chi connectivity index (χ4v) is 4.83. The summed E-state index contributed by atoms with van der Waals surface area (Å²) >= 11 is 1.81. The Morgan fingerprint density at radius 3 is 1.68 bits per heavy atom. The van der Waals surface area contributed by atoms with Crippen LogP contribution in [0.5, 0.6) is 0 Å². The summed E-state index contributed by atoms with van der Waals surface area (Å²) in [5, 5.41) is 5.98. The molecular weight excluding hydrogens is 476 g/mol. The Bertz CT molecular complexity index is 1430. The Balaban J connectivity index is 1.28. The average Bonchev–Trinajstić information content (AvgIpc) is 2.88. The van der Waals surface area contributed by atoms with Crippen molar-refractivity contribution >= 4 is 35.0 Å². The Kier molecular flexibility index (Phi) is 8.47. The van der Waals surface area contributed by atoms with E-state index in [4.69, 9.17) is 0 Å². The largest absolute Gasteiger partial charge is 0.322 e. The molecule has 0 unspecified atom stereocenters. The molecule has 2 N–H and O–H groups in total. The van der Waals surface area contributed by atoms with Crippen LogP contribution in [0.2, 0.25) is 0 Å². The summed E-state index contributed by atoms with van der Waals surface area (Å²) in [4.78, 5) is 25.2. The number of carbonyl (C=O) groups excluding carboxylic acids is 2. The van der Waals surface area contributed by atoms with E-state index >= 15 is 0 Å². The molecule has 4 aromatic carbocycles. The van der Waals surface area contributed by atoms with Crippen LogP contribution in [-0.4, -0.2) is 11.8 Å². The minimum atomic E-state index is -0.102. The molecule has 4 rings (SSSR count). The second-order valence-corrected chi connectivity index (χ2v) is 10.4. The van der Waals surface area contributed by atoms with Crippen LogP contribution < -0.4 is 10.6 Å². The molecule has 0 radical (unpaired) electrons. The van der Waals surface area contributed by atoms with Crippen molar-refractivity contribution in [1.82, 2.24) is 0 Å². The standard InChI is InChI=1S/C32H32N2O2S/c1-21-8-12-27(16-23(21)3)31(35)33-29-14-10-25(11-15-29)19-37-20-26-6-5-7-30(18-26)34-32(36)28-13-9-22(2)24(4)17-28/h5-18H,19-20H2,1-4H3,(H,33,35)(H,34,36). The maximum Gasteiger partial charge on any atom is 0.255 e. The van der Waals surface area contributed by atoms with Crippen LogP contribution in [0.4, 0.5) is 11.4 Å². The number of anilines is 2. The smallest absolute Gasteiger partial charge is 0.255 e. The highest BCUT2D eigenvalue weighted by Gasteiger charge is 2.09. The van der Waals surface area contributed by atoms with Crippen LogP contribution in [-0.2, 0) is 11.5 Å². The monoisotopic (exact) mass is 508 g/mol. The molecule has 0 aliphatic rings. The van der Waals surface area contributed by atoms with Crippen molar-refractivity contribution in [2.45, 2.75) is 39.2 Å². The average molecular weight is 509 g/mol. The zero-order chi connectivity index (χ0) is 26.4. The van der Waals surface area contributed by atoms with E-state index in [9.17, 15) is 9.59 Å². The fraction of sp³-hybridized carbons (Fsp3) is 0.188. The Hall–Kier alpha value is -3.83. The van der Waals surface area contributed by atoms with Gasteiger partial charge in [-0.3, -0.25) is 9.59 Å². The maximum atomic E-state index is 12.6. The molecular formula is C32H32N2O2S. The lowest BCUT2D eigenvalue weighted by molar-refractivity contribution is 0.101. The molecule has 0 atom stereocenters. The third-order valence-corrected chi connectivity index (χ3v) is 7.55. The third-order valence-electron chi connectivity index (χ3n) is 6.47. The molecule has 4 nitrogen and oxygen atoms in total. The highest BCUT2D eigenvalue weighted by Crippen LogP contribution is 2.22. The quantitative estimate of drug-likeness (QED) is 0.255. The molecule has 2 amide bonds. The van der Waals surface area contributed by atoms with Gasteiger partial charge in [-0.05, 0) is 110 Å². The van der Waals surface area contributed by atoms with Crippen molar-refractivity contribution in [2.75, 3.05) is 10.6 Å².